The Bertz CT molecular complexity index is 241. The summed E-state index contributed by atoms with van der Waals surface area (Å²) in [5.41, 5.74) is 0.0776. The van der Waals surface area contributed by atoms with Crippen LogP contribution in [0.15, 0.2) is 0 Å². The third-order valence-corrected chi connectivity index (χ3v) is 3.70. The average molecular weight is 197 g/mol. The second-order valence-electron chi connectivity index (χ2n) is 4.70. The van der Waals surface area contributed by atoms with Crippen molar-refractivity contribution < 1.29 is 9.53 Å². The zero-order valence-corrected chi connectivity index (χ0v) is 9.08. The van der Waals surface area contributed by atoms with Gasteiger partial charge in [0.25, 0.3) is 0 Å². The second-order valence-corrected chi connectivity index (χ2v) is 4.70. The highest BCUT2D eigenvalue weighted by Crippen LogP contribution is 2.39. The molecule has 0 radical (unpaired) electrons. The maximum atomic E-state index is 11.8. The maximum absolute atomic E-state index is 11.8. The first-order valence-electron chi connectivity index (χ1n) is 5.52. The largest absolute Gasteiger partial charge is 0.362 e. The van der Waals surface area contributed by atoms with E-state index in [0.29, 0.717) is 6.42 Å². The van der Waals surface area contributed by atoms with Crippen molar-refractivity contribution in [1.29, 1.82) is 0 Å². The van der Waals surface area contributed by atoms with Gasteiger partial charge in [0.1, 0.15) is 6.23 Å². The molecule has 0 aromatic carbocycles. The van der Waals surface area contributed by atoms with E-state index in [1.54, 1.807) is 7.11 Å². The van der Waals surface area contributed by atoms with Crippen LogP contribution in [0.4, 0.5) is 0 Å². The summed E-state index contributed by atoms with van der Waals surface area (Å²) in [6, 6.07) is 0. The van der Waals surface area contributed by atoms with Crippen molar-refractivity contribution in [3.05, 3.63) is 0 Å². The lowest BCUT2D eigenvalue weighted by Crippen LogP contribution is -2.49. The van der Waals surface area contributed by atoms with E-state index in [1.165, 1.54) is 12.8 Å². The molecule has 0 bridgehead atoms. The predicted octanol–water partition coefficient (Wildman–Crippen LogP) is 1.91. The van der Waals surface area contributed by atoms with Crippen LogP contribution in [0.3, 0.4) is 0 Å². The first-order valence-corrected chi connectivity index (χ1v) is 5.52. The molecule has 0 spiro atoms. The van der Waals surface area contributed by atoms with Gasteiger partial charge in [-0.25, -0.2) is 0 Å². The van der Waals surface area contributed by atoms with E-state index in [4.69, 9.17) is 4.74 Å². The van der Waals surface area contributed by atoms with Crippen LogP contribution in [0.2, 0.25) is 0 Å². The summed E-state index contributed by atoms with van der Waals surface area (Å²) < 4.78 is 5.43. The maximum Gasteiger partial charge on any atom is 0.225 e. The molecule has 2 saturated heterocycles. The summed E-state index contributed by atoms with van der Waals surface area (Å²) in [5.74, 6) is 0.279. The molecule has 0 N–H and O–H groups in total. The number of hydrogen-bond donors (Lipinski definition) is 0. The first-order chi connectivity index (χ1) is 6.67. The summed E-state index contributed by atoms with van der Waals surface area (Å²) in [6.45, 7) is 2.20. The zero-order chi connectivity index (χ0) is 10.2. The fourth-order valence-electron chi connectivity index (χ4n) is 2.85. The molecule has 2 aliphatic heterocycles. The molecule has 0 aliphatic carbocycles. The van der Waals surface area contributed by atoms with E-state index in [1.807, 2.05) is 4.90 Å². The Morgan fingerprint density at radius 1 is 1.43 bits per heavy atom. The summed E-state index contributed by atoms with van der Waals surface area (Å²) in [4.78, 5) is 13.8. The molecule has 1 amide bonds. The molecule has 0 aromatic rings. The first kappa shape index (κ1) is 9.97. The number of methoxy groups -OCH3 is 1. The van der Waals surface area contributed by atoms with Crippen LogP contribution < -0.4 is 0 Å². The molecule has 0 saturated carbocycles. The molecular formula is C11H19NO2. The van der Waals surface area contributed by atoms with Crippen molar-refractivity contribution in [2.75, 3.05) is 7.11 Å². The number of hydrogen-bond acceptors (Lipinski definition) is 2. The zero-order valence-electron chi connectivity index (χ0n) is 9.08. The van der Waals surface area contributed by atoms with E-state index in [2.05, 4.69) is 6.92 Å². The summed E-state index contributed by atoms with van der Waals surface area (Å²) >= 11 is 0. The van der Waals surface area contributed by atoms with Gasteiger partial charge in [-0.2, -0.15) is 0 Å². The van der Waals surface area contributed by atoms with Crippen LogP contribution in [0, 0.1) is 0 Å². The van der Waals surface area contributed by atoms with Crippen molar-refractivity contribution >= 4 is 5.91 Å². The van der Waals surface area contributed by atoms with Crippen LogP contribution in [0.25, 0.3) is 0 Å². The number of fused-ring (bicyclic) bond motifs is 1. The lowest BCUT2D eigenvalue weighted by atomic mass is 9.93. The Labute approximate surface area is 85.4 Å². The topological polar surface area (TPSA) is 29.5 Å². The van der Waals surface area contributed by atoms with Crippen LogP contribution in [-0.2, 0) is 9.53 Å². The van der Waals surface area contributed by atoms with E-state index in [-0.39, 0.29) is 17.7 Å². The normalized spacial score (nSPS) is 38.3. The Kier molecular flexibility index (Phi) is 2.52. The van der Waals surface area contributed by atoms with Crippen molar-refractivity contribution in [1.82, 2.24) is 4.90 Å². The third-order valence-electron chi connectivity index (χ3n) is 3.70. The fraction of sp³-hybridized carbons (Fsp3) is 0.909. The Morgan fingerprint density at radius 3 is 2.93 bits per heavy atom. The molecule has 2 aliphatic rings. The minimum Gasteiger partial charge on any atom is -0.362 e. The molecule has 0 aromatic heterocycles. The van der Waals surface area contributed by atoms with Crippen molar-refractivity contribution in [2.24, 2.45) is 0 Å². The second kappa shape index (κ2) is 3.54. The smallest absolute Gasteiger partial charge is 0.225 e. The number of ether oxygens (including phenoxy) is 1. The van der Waals surface area contributed by atoms with Gasteiger partial charge in [-0.05, 0) is 32.6 Å². The molecular weight excluding hydrogens is 178 g/mol. The average Bonchev–Trinajstić information content (AvgIpc) is 2.37. The molecule has 14 heavy (non-hydrogen) atoms. The molecule has 80 valence electrons. The van der Waals surface area contributed by atoms with Gasteiger partial charge < -0.3 is 9.64 Å². The summed E-state index contributed by atoms with van der Waals surface area (Å²) in [6.07, 6.45) is 6.27. The number of nitrogens with zero attached hydrogens (tertiary/aromatic N) is 1. The van der Waals surface area contributed by atoms with Gasteiger partial charge in [-0.15, -0.1) is 0 Å². The van der Waals surface area contributed by atoms with E-state index >= 15 is 0 Å². The highest BCUT2D eigenvalue weighted by molar-refractivity contribution is 5.79. The quantitative estimate of drug-likeness (QED) is 0.642. The molecule has 2 rings (SSSR count). The molecule has 3 nitrogen and oxygen atoms in total. The molecule has 2 atom stereocenters. The summed E-state index contributed by atoms with van der Waals surface area (Å²) in [5, 5.41) is 0. The standard InChI is InChI=1S/C11H19NO2/c1-11-7-4-3-5-10(14-2)12(11)9(13)6-8-11/h10H,3-8H2,1-2H3/t10-,11+/m0/s1. The minimum absolute atomic E-state index is 0.0255. The van der Waals surface area contributed by atoms with Gasteiger partial charge in [0, 0.05) is 19.1 Å². The van der Waals surface area contributed by atoms with Crippen LogP contribution in [-0.4, -0.2) is 29.7 Å². The number of carbonyl (C=O) groups is 1. The highest BCUT2D eigenvalue weighted by Gasteiger charge is 2.45. The van der Waals surface area contributed by atoms with E-state index < -0.39 is 0 Å². The Balaban J connectivity index is 2.25. The number of carbonyl (C=O) groups excluding carboxylic acids is 1. The summed E-state index contributed by atoms with van der Waals surface area (Å²) in [7, 11) is 1.71. The van der Waals surface area contributed by atoms with E-state index in [0.717, 1.165) is 19.3 Å². The molecule has 2 fully saturated rings. The number of rotatable bonds is 1. The number of amides is 1. The molecule has 0 unspecified atom stereocenters. The molecule has 2 heterocycles. The van der Waals surface area contributed by atoms with Gasteiger partial charge in [0.2, 0.25) is 5.91 Å². The lowest BCUT2D eigenvalue weighted by molar-refractivity contribution is -0.146. The van der Waals surface area contributed by atoms with Crippen molar-refractivity contribution in [3.63, 3.8) is 0 Å². The van der Waals surface area contributed by atoms with Gasteiger partial charge in [-0.1, -0.05) is 6.42 Å². The highest BCUT2D eigenvalue weighted by atomic mass is 16.5. The predicted molar refractivity (Wildman–Crippen MR) is 53.8 cm³/mol. The van der Waals surface area contributed by atoms with Gasteiger partial charge >= 0.3 is 0 Å². The lowest BCUT2D eigenvalue weighted by Gasteiger charge is -2.38. The van der Waals surface area contributed by atoms with Crippen LogP contribution >= 0.6 is 0 Å². The van der Waals surface area contributed by atoms with E-state index in [9.17, 15) is 4.79 Å². The van der Waals surface area contributed by atoms with Crippen LogP contribution in [0.1, 0.15) is 45.4 Å². The van der Waals surface area contributed by atoms with Crippen LogP contribution in [0.5, 0.6) is 0 Å². The Hall–Kier alpha value is -0.570. The van der Waals surface area contributed by atoms with Gasteiger partial charge in [0.15, 0.2) is 0 Å². The molecule has 3 heteroatoms. The van der Waals surface area contributed by atoms with Crippen molar-refractivity contribution in [2.45, 2.75) is 57.2 Å². The minimum atomic E-state index is 0.0255. The Morgan fingerprint density at radius 2 is 2.21 bits per heavy atom. The van der Waals surface area contributed by atoms with Crippen molar-refractivity contribution in [3.8, 4) is 0 Å². The van der Waals surface area contributed by atoms with Gasteiger partial charge in [-0.3, -0.25) is 4.79 Å². The van der Waals surface area contributed by atoms with Gasteiger partial charge in [0.05, 0.1) is 0 Å². The SMILES string of the molecule is CO[C@H]1CCCC[C@]2(C)CCC(=O)N12. The monoisotopic (exact) mass is 197 g/mol. The third kappa shape index (κ3) is 1.44. The fourth-order valence-corrected chi connectivity index (χ4v) is 2.85.